The maximum atomic E-state index is 13.0. The van der Waals surface area contributed by atoms with Gasteiger partial charge in [-0.3, -0.25) is 9.59 Å². The van der Waals surface area contributed by atoms with Gasteiger partial charge in [-0.1, -0.05) is 18.2 Å². The van der Waals surface area contributed by atoms with Crippen molar-refractivity contribution < 1.29 is 14.0 Å². The SMILES string of the molecule is Cc1ccccc1NC1SC(=O)N(c2ccc(F)cc2)C1=O. The fourth-order valence-electron chi connectivity index (χ4n) is 2.20. The van der Waals surface area contributed by atoms with E-state index in [1.54, 1.807) is 0 Å². The standard InChI is InChI=1S/C16H13FN2O2S/c1-10-4-2-3-5-13(10)18-14-15(20)19(16(21)22-14)12-8-6-11(17)7-9-12/h2-9,14,18H,1H3. The van der Waals surface area contributed by atoms with Crippen LogP contribution in [0.1, 0.15) is 5.56 Å². The number of rotatable bonds is 3. The molecule has 1 unspecified atom stereocenters. The van der Waals surface area contributed by atoms with Gasteiger partial charge < -0.3 is 5.32 Å². The molecule has 6 heteroatoms. The minimum atomic E-state index is -0.682. The predicted molar refractivity (Wildman–Crippen MR) is 85.5 cm³/mol. The van der Waals surface area contributed by atoms with Gasteiger partial charge in [0.2, 0.25) is 0 Å². The van der Waals surface area contributed by atoms with Crippen LogP contribution in [0.5, 0.6) is 0 Å². The van der Waals surface area contributed by atoms with Gasteiger partial charge in [0.25, 0.3) is 11.1 Å². The Morgan fingerprint density at radius 3 is 2.45 bits per heavy atom. The third-order valence-corrected chi connectivity index (χ3v) is 4.30. The van der Waals surface area contributed by atoms with Crippen molar-refractivity contribution >= 4 is 34.3 Å². The van der Waals surface area contributed by atoms with Crippen LogP contribution in [0.25, 0.3) is 0 Å². The van der Waals surface area contributed by atoms with Gasteiger partial charge in [-0.05, 0) is 54.6 Å². The molecule has 2 amide bonds. The van der Waals surface area contributed by atoms with Crippen molar-refractivity contribution in [3.8, 4) is 0 Å². The largest absolute Gasteiger partial charge is 0.365 e. The molecule has 0 aromatic heterocycles. The second-order valence-electron chi connectivity index (χ2n) is 4.87. The molecule has 0 aliphatic carbocycles. The van der Waals surface area contributed by atoms with Crippen LogP contribution in [0.2, 0.25) is 0 Å². The van der Waals surface area contributed by atoms with Crippen LogP contribution in [-0.4, -0.2) is 16.5 Å². The Balaban J connectivity index is 1.82. The molecule has 2 aromatic rings. The summed E-state index contributed by atoms with van der Waals surface area (Å²) in [5.74, 6) is -0.769. The number of aryl methyl sites for hydroxylation is 1. The van der Waals surface area contributed by atoms with Gasteiger partial charge in [-0.2, -0.15) is 0 Å². The summed E-state index contributed by atoms with van der Waals surface area (Å²) in [4.78, 5) is 25.6. The molecule has 1 N–H and O–H groups in total. The van der Waals surface area contributed by atoms with Crippen LogP contribution < -0.4 is 10.2 Å². The molecule has 0 radical (unpaired) electrons. The average molecular weight is 316 g/mol. The first kappa shape index (κ1) is 14.6. The first-order valence-corrected chi connectivity index (χ1v) is 7.56. The number of imide groups is 1. The lowest BCUT2D eigenvalue weighted by Crippen LogP contribution is -2.34. The van der Waals surface area contributed by atoms with Gasteiger partial charge in [0.1, 0.15) is 5.82 Å². The van der Waals surface area contributed by atoms with Crippen LogP contribution >= 0.6 is 11.8 Å². The summed E-state index contributed by atoms with van der Waals surface area (Å²) in [6, 6.07) is 12.8. The smallest absolute Gasteiger partial charge is 0.295 e. The summed E-state index contributed by atoms with van der Waals surface area (Å²) >= 11 is 0.917. The van der Waals surface area contributed by atoms with E-state index in [1.807, 2.05) is 31.2 Å². The number of nitrogens with one attached hydrogen (secondary N) is 1. The Labute approximate surface area is 131 Å². The van der Waals surface area contributed by atoms with Crippen LogP contribution in [0.4, 0.5) is 20.6 Å². The summed E-state index contributed by atoms with van der Waals surface area (Å²) in [5, 5.41) is 2.02. The first-order chi connectivity index (χ1) is 10.6. The number of carbonyl (C=O) groups is 2. The van der Waals surface area contributed by atoms with E-state index in [2.05, 4.69) is 5.32 Å². The normalized spacial score (nSPS) is 17.9. The van der Waals surface area contributed by atoms with Crippen molar-refractivity contribution in [3.63, 3.8) is 0 Å². The number of thioether (sulfide) groups is 1. The fourth-order valence-corrected chi connectivity index (χ4v) is 3.10. The molecule has 1 aliphatic heterocycles. The third-order valence-electron chi connectivity index (χ3n) is 3.36. The molecule has 112 valence electrons. The van der Waals surface area contributed by atoms with E-state index in [9.17, 15) is 14.0 Å². The zero-order valence-electron chi connectivity index (χ0n) is 11.7. The Morgan fingerprint density at radius 1 is 1.09 bits per heavy atom. The van der Waals surface area contributed by atoms with E-state index in [0.717, 1.165) is 27.9 Å². The highest BCUT2D eigenvalue weighted by molar-refractivity contribution is 8.16. The number of halogens is 1. The number of hydrogen-bond donors (Lipinski definition) is 1. The van der Waals surface area contributed by atoms with Gasteiger partial charge in [0.05, 0.1) is 5.69 Å². The number of amides is 2. The van der Waals surface area contributed by atoms with Gasteiger partial charge in [-0.25, -0.2) is 9.29 Å². The molecule has 1 heterocycles. The first-order valence-electron chi connectivity index (χ1n) is 6.68. The molecule has 2 aromatic carbocycles. The molecule has 22 heavy (non-hydrogen) atoms. The average Bonchev–Trinajstić information content (AvgIpc) is 2.77. The zero-order valence-corrected chi connectivity index (χ0v) is 12.6. The number of benzene rings is 2. The highest BCUT2D eigenvalue weighted by Gasteiger charge is 2.40. The van der Waals surface area contributed by atoms with Crippen molar-refractivity contribution in [2.24, 2.45) is 0 Å². The number of para-hydroxylation sites is 1. The van der Waals surface area contributed by atoms with Gasteiger partial charge >= 0.3 is 0 Å². The van der Waals surface area contributed by atoms with Gasteiger partial charge in [0.15, 0.2) is 5.37 Å². The number of nitrogens with zero attached hydrogens (tertiary/aromatic N) is 1. The number of carbonyl (C=O) groups excluding carboxylic acids is 2. The molecular formula is C16H13FN2O2S. The van der Waals surface area contributed by atoms with E-state index in [4.69, 9.17) is 0 Å². The zero-order chi connectivity index (χ0) is 15.7. The maximum absolute atomic E-state index is 13.0. The van der Waals surface area contributed by atoms with Crippen molar-refractivity contribution in [2.75, 3.05) is 10.2 Å². The van der Waals surface area contributed by atoms with Crippen molar-refractivity contribution in [1.82, 2.24) is 0 Å². The lowest BCUT2D eigenvalue weighted by molar-refractivity contribution is -0.116. The maximum Gasteiger partial charge on any atom is 0.295 e. The topological polar surface area (TPSA) is 49.4 Å². The Hall–Kier alpha value is -2.34. The Kier molecular flexibility index (Phi) is 3.85. The van der Waals surface area contributed by atoms with E-state index in [0.29, 0.717) is 5.69 Å². The summed E-state index contributed by atoms with van der Waals surface area (Å²) in [6.07, 6.45) is 0. The molecule has 1 aliphatic rings. The predicted octanol–water partition coefficient (Wildman–Crippen LogP) is 3.77. The lowest BCUT2D eigenvalue weighted by atomic mass is 10.2. The molecule has 3 rings (SSSR count). The number of anilines is 2. The third kappa shape index (κ3) is 2.69. The highest BCUT2D eigenvalue weighted by atomic mass is 32.2. The molecular weight excluding hydrogens is 303 g/mol. The second-order valence-corrected chi connectivity index (χ2v) is 5.93. The lowest BCUT2D eigenvalue weighted by Gasteiger charge is -2.15. The molecule has 1 atom stereocenters. The van der Waals surface area contributed by atoms with Gasteiger partial charge in [-0.15, -0.1) is 0 Å². The molecule has 1 fully saturated rings. The van der Waals surface area contributed by atoms with Crippen molar-refractivity contribution in [3.05, 3.63) is 59.9 Å². The summed E-state index contributed by atoms with van der Waals surface area (Å²) in [7, 11) is 0. The van der Waals surface area contributed by atoms with Gasteiger partial charge in [0, 0.05) is 5.69 Å². The second kappa shape index (κ2) is 5.81. The van der Waals surface area contributed by atoms with E-state index in [1.165, 1.54) is 24.3 Å². The summed E-state index contributed by atoms with van der Waals surface area (Å²) < 4.78 is 13.0. The molecule has 0 spiro atoms. The number of hydrogen-bond acceptors (Lipinski definition) is 4. The van der Waals surface area contributed by atoms with Crippen molar-refractivity contribution in [2.45, 2.75) is 12.3 Å². The van der Waals surface area contributed by atoms with Crippen LogP contribution in [0.15, 0.2) is 48.5 Å². The van der Waals surface area contributed by atoms with E-state index < -0.39 is 11.2 Å². The summed E-state index contributed by atoms with van der Waals surface area (Å²) in [5.41, 5.74) is 2.17. The van der Waals surface area contributed by atoms with E-state index >= 15 is 0 Å². The van der Waals surface area contributed by atoms with E-state index in [-0.39, 0.29) is 11.1 Å². The molecule has 4 nitrogen and oxygen atoms in total. The fraction of sp³-hybridized carbons (Fsp3) is 0.125. The highest BCUT2D eigenvalue weighted by Crippen LogP contribution is 2.32. The minimum absolute atomic E-state index is 0.357. The molecule has 0 saturated carbocycles. The molecule has 1 saturated heterocycles. The Morgan fingerprint density at radius 2 is 1.77 bits per heavy atom. The van der Waals surface area contributed by atoms with Crippen LogP contribution in [0, 0.1) is 12.7 Å². The Bertz CT molecular complexity index is 733. The van der Waals surface area contributed by atoms with Crippen LogP contribution in [0.3, 0.4) is 0 Å². The minimum Gasteiger partial charge on any atom is -0.365 e. The quantitative estimate of drug-likeness (QED) is 0.936. The van der Waals surface area contributed by atoms with Crippen LogP contribution in [-0.2, 0) is 4.79 Å². The molecule has 0 bridgehead atoms. The van der Waals surface area contributed by atoms with Crippen molar-refractivity contribution in [1.29, 1.82) is 0 Å². The summed E-state index contributed by atoms with van der Waals surface area (Å²) in [6.45, 7) is 1.92. The monoisotopic (exact) mass is 316 g/mol.